The molecule has 6 nitrogen and oxygen atoms in total. The first-order valence-electron chi connectivity index (χ1n) is 6.85. The molecule has 0 amide bonds. The number of nitrogens with one attached hydrogen (secondary N) is 1. The maximum absolute atomic E-state index is 11.4. The highest BCUT2D eigenvalue weighted by atomic mass is 16.5. The third-order valence-corrected chi connectivity index (χ3v) is 3.46. The van der Waals surface area contributed by atoms with Crippen LogP contribution in [0.15, 0.2) is 48.5 Å². The molecule has 0 aliphatic carbocycles. The third kappa shape index (κ3) is 2.87. The number of H-pyrrole nitrogens is 1. The normalized spacial score (nSPS) is 10.5. The number of ether oxygens (including phenoxy) is 1. The molecule has 0 atom stereocenters. The minimum atomic E-state index is -0.477. The Morgan fingerprint density at radius 3 is 2.39 bits per heavy atom. The number of aromatic hydroxyl groups is 2. The van der Waals surface area contributed by atoms with E-state index in [1.54, 1.807) is 12.1 Å². The Balaban J connectivity index is 1.90. The summed E-state index contributed by atoms with van der Waals surface area (Å²) in [4.78, 5) is 11.4. The van der Waals surface area contributed by atoms with E-state index in [1.807, 2.05) is 24.3 Å². The SMILES string of the molecule is COC(=O)c1cc(-c2ccc(-c3ccc(O)cc3O)cc2)n[nH]1. The Labute approximate surface area is 132 Å². The van der Waals surface area contributed by atoms with Gasteiger partial charge in [-0.05, 0) is 23.8 Å². The minimum Gasteiger partial charge on any atom is -0.508 e. The number of benzene rings is 2. The molecule has 116 valence electrons. The van der Waals surface area contributed by atoms with Gasteiger partial charge in [0.1, 0.15) is 17.2 Å². The highest BCUT2D eigenvalue weighted by Gasteiger charge is 2.11. The fraction of sp³-hybridized carbons (Fsp3) is 0.0588. The predicted molar refractivity (Wildman–Crippen MR) is 84.1 cm³/mol. The second kappa shape index (κ2) is 5.84. The average Bonchev–Trinajstić information content (AvgIpc) is 3.04. The summed E-state index contributed by atoms with van der Waals surface area (Å²) in [6.07, 6.45) is 0. The van der Waals surface area contributed by atoms with Gasteiger partial charge in [0.15, 0.2) is 0 Å². The lowest BCUT2D eigenvalue weighted by Crippen LogP contribution is -2.00. The Morgan fingerprint density at radius 2 is 1.74 bits per heavy atom. The summed E-state index contributed by atoms with van der Waals surface area (Å²) in [5.74, 6) is -0.463. The molecule has 0 spiro atoms. The number of aromatic nitrogens is 2. The van der Waals surface area contributed by atoms with Gasteiger partial charge in [0.05, 0.1) is 12.8 Å². The van der Waals surface area contributed by atoms with Crippen LogP contribution in [0.1, 0.15) is 10.5 Å². The number of aromatic amines is 1. The van der Waals surface area contributed by atoms with Gasteiger partial charge in [-0.3, -0.25) is 5.10 Å². The van der Waals surface area contributed by atoms with E-state index in [0.29, 0.717) is 11.3 Å². The first-order valence-corrected chi connectivity index (χ1v) is 6.85. The number of esters is 1. The van der Waals surface area contributed by atoms with Crippen molar-refractivity contribution in [3.63, 3.8) is 0 Å². The Morgan fingerprint density at radius 1 is 1.04 bits per heavy atom. The fourth-order valence-electron chi connectivity index (χ4n) is 2.27. The molecule has 6 heteroatoms. The number of hydrogen-bond acceptors (Lipinski definition) is 5. The van der Waals surface area contributed by atoms with Crippen molar-refractivity contribution in [2.24, 2.45) is 0 Å². The molecular formula is C17H14N2O4. The largest absolute Gasteiger partial charge is 0.508 e. The minimum absolute atomic E-state index is 0.00509. The number of hydrogen-bond donors (Lipinski definition) is 3. The maximum atomic E-state index is 11.4. The molecule has 0 fully saturated rings. The number of nitrogens with zero attached hydrogens (tertiary/aromatic N) is 1. The zero-order valence-corrected chi connectivity index (χ0v) is 12.3. The summed E-state index contributed by atoms with van der Waals surface area (Å²) in [7, 11) is 1.31. The van der Waals surface area contributed by atoms with Gasteiger partial charge in [-0.1, -0.05) is 24.3 Å². The van der Waals surface area contributed by atoms with Crippen molar-refractivity contribution < 1.29 is 19.7 Å². The Bertz CT molecular complexity index is 853. The first-order chi connectivity index (χ1) is 11.1. The summed E-state index contributed by atoms with van der Waals surface area (Å²) >= 11 is 0. The van der Waals surface area contributed by atoms with E-state index in [-0.39, 0.29) is 17.2 Å². The molecule has 2 aromatic carbocycles. The van der Waals surface area contributed by atoms with Crippen LogP contribution in [-0.2, 0) is 4.74 Å². The van der Waals surface area contributed by atoms with Gasteiger partial charge < -0.3 is 14.9 Å². The van der Waals surface area contributed by atoms with Crippen LogP contribution >= 0.6 is 0 Å². The lowest BCUT2D eigenvalue weighted by atomic mass is 10.0. The molecule has 0 bridgehead atoms. The molecule has 1 heterocycles. The van der Waals surface area contributed by atoms with Crippen molar-refractivity contribution in [2.75, 3.05) is 7.11 Å². The molecule has 3 rings (SSSR count). The lowest BCUT2D eigenvalue weighted by Gasteiger charge is -2.06. The van der Waals surface area contributed by atoms with Crippen LogP contribution < -0.4 is 0 Å². The van der Waals surface area contributed by atoms with E-state index < -0.39 is 5.97 Å². The molecule has 0 saturated carbocycles. The molecular weight excluding hydrogens is 296 g/mol. The van der Waals surface area contributed by atoms with Crippen LogP contribution in [0.25, 0.3) is 22.4 Å². The molecule has 3 aromatic rings. The number of phenolic OH excluding ortho intramolecular Hbond substituents is 2. The Hall–Kier alpha value is -3.28. The fourth-order valence-corrected chi connectivity index (χ4v) is 2.27. The van der Waals surface area contributed by atoms with Crippen LogP contribution in [0, 0.1) is 0 Å². The monoisotopic (exact) mass is 310 g/mol. The van der Waals surface area contributed by atoms with E-state index in [0.717, 1.165) is 11.1 Å². The van der Waals surface area contributed by atoms with Gasteiger partial charge in [0, 0.05) is 17.2 Å². The molecule has 0 aliphatic rings. The molecule has 0 saturated heterocycles. The highest BCUT2D eigenvalue weighted by molar-refractivity contribution is 5.88. The van der Waals surface area contributed by atoms with Gasteiger partial charge in [-0.2, -0.15) is 5.10 Å². The highest BCUT2D eigenvalue weighted by Crippen LogP contribution is 2.33. The van der Waals surface area contributed by atoms with Crippen molar-refractivity contribution in [2.45, 2.75) is 0 Å². The maximum Gasteiger partial charge on any atom is 0.356 e. The second-order valence-electron chi connectivity index (χ2n) is 4.94. The Kier molecular flexibility index (Phi) is 3.72. The molecule has 1 aromatic heterocycles. The van der Waals surface area contributed by atoms with E-state index in [2.05, 4.69) is 14.9 Å². The van der Waals surface area contributed by atoms with Crippen LogP contribution in [-0.4, -0.2) is 33.5 Å². The summed E-state index contributed by atoms with van der Waals surface area (Å²) < 4.78 is 4.63. The summed E-state index contributed by atoms with van der Waals surface area (Å²) in [6, 6.07) is 13.4. The molecule has 0 radical (unpaired) electrons. The smallest absolute Gasteiger partial charge is 0.356 e. The standard InChI is InChI=1S/C17H14N2O4/c1-23-17(22)15-9-14(18-19-15)11-4-2-10(3-5-11)13-7-6-12(20)8-16(13)21/h2-9,20-21H,1H3,(H,18,19). The van der Waals surface area contributed by atoms with Crippen molar-refractivity contribution >= 4 is 5.97 Å². The molecule has 23 heavy (non-hydrogen) atoms. The van der Waals surface area contributed by atoms with Gasteiger partial charge in [-0.25, -0.2) is 4.79 Å². The number of rotatable bonds is 3. The second-order valence-corrected chi connectivity index (χ2v) is 4.94. The van der Waals surface area contributed by atoms with E-state index >= 15 is 0 Å². The van der Waals surface area contributed by atoms with Gasteiger partial charge >= 0.3 is 5.97 Å². The third-order valence-electron chi connectivity index (χ3n) is 3.46. The van der Waals surface area contributed by atoms with Crippen LogP contribution in [0.2, 0.25) is 0 Å². The van der Waals surface area contributed by atoms with Crippen molar-refractivity contribution in [1.29, 1.82) is 0 Å². The summed E-state index contributed by atoms with van der Waals surface area (Å²) in [5.41, 5.74) is 3.13. The predicted octanol–water partition coefficient (Wildman–Crippen LogP) is 2.94. The number of phenols is 2. The molecule has 0 unspecified atom stereocenters. The van der Waals surface area contributed by atoms with E-state index in [4.69, 9.17) is 0 Å². The quantitative estimate of drug-likeness (QED) is 0.646. The van der Waals surface area contributed by atoms with Gasteiger partial charge in [0.2, 0.25) is 0 Å². The first kappa shape index (κ1) is 14.6. The van der Waals surface area contributed by atoms with Crippen LogP contribution in [0.3, 0.4) is 0 Å². The topological polar surface area (TPSA) is 95.4 Å². The number of carbonyl (C=O) groups is 1. The van der Waals surface area contributed by atoms with Crippen molar-refractivity contribution in [3.8, 4) is 33.9 Å². The number of carbonyl (C=O) groups excluding carboxylic acids is 1. The van der Waals surface area contributed by atoms with E-state index in [1.165, 1.54) is 19.2 Å². The molecule has 3 N–H and O–H groups in total. The average molecular weight is 310 g/mol. The van der Waals surface area contributed by atoms with Crippen LogP contribution in [0.5, 0.6) is 11.5 Å². The van der Waals surface area contributed by atoms with Gasteiger partial charge in [-0.15, -0.1) is 0 Å². The van der Waals surface area contributed by atoms with Crippen molar-refractivity contribution in [3.05, 3.63) is 54.2 Å². The zero-order valence-electron chi connectivity index (χ0n) is 12.3. The van der Waals surface area contributed by atoms with E-state index in [9.17, 15) is 15.0 Å². The lowest BCUT2D eigenvalue weighted by molar-refractivity contribution is 0.0594. The summed E-state index contributed by atoms with van der Waals surface area (Å²) in [5, 5.41) is 25.9. The zero-order chi connectivity index (χ0) is 16.4. The number of methoxy groups -OCH3 is 1. The molecule has 0 aliphatic heterocycles. The summed E-state index contributed by atoms with van der Waals surface area (Å²) in [6.45, 7) is 0. The van der Waals surface area contributed by atoms with Gasteiger partial charge in [0.25, 0.3) is 0 Å². The van der Waals surface area contributed by atoms with Crippen molar-refractivity contribution in [1.82, 2.24) is 10.2 Å². The van der Waals surface area contributed by atoms with Crippen LogP contribution in [0.4, 0.5) is 0 Å².